The number of carbonyl (C=O) groups is 1. The number of rotatable bonds is 6. The van der Waals surface area contributed by atoms with Crippen LogP contribution in [0.3, 0.4) is 0 Å². The van der Waals surface area contributed by atoms with Crippen LogP contribution in [-0.2, 0) is 17.4 Å². The Morgan fingerprint density at radius 2 is 2.00 bits per heavy atom. The molecule has 0 bridgehead atoms. The summed E-state index contributed by atoms with van der Waals surface area (Å²) in [5.74, 6) is 0.350. The number of benzene rings is 1. The maximum absolute atomic E-state index is 13.1. The van der Waals surface area contributed by atoms with Gasteiger partial charge in [0.15, 0.2) is 12.3 Å². The monoisotopic (exact) mass is 446 g/mol. The van der Waals surface area contributed by atoms with E-state index in [0.717, 1.165) is 11.6 Å². The first kappa shape index (κ1) is 21.2. The van der Waals surface area contributed by atoms with Gasteiger partial charge in [0.2, 0.25) is 0 Å². The van der Waals surface area contributed by atoms with Gasteiger partial charge in [0.05, 0.1) is 5.02 Å². The molecule has 1 amide bonds. The van der Waals surface area contributed by atoms with Gasteiger partial charge in [0, 0.05) is 24.2 Å². The third-order valence-corrected chi connectivity index (χ3v) is 4.65. The standard InChI is InChI=1S/C18H15Cl2F3N4O2/c1-10-6-12(2-3-14(10)20)29-9-16(28)24-5-4-15-25-26-17-13(18(21,22)23)7-11(19)8-27(15)17/h2-3,6-8H,4-5,9H2,1H3,(H,24,28). The normalized spacial score (nSPS) is 11.7. The molecule has 154 valence electrons. The summed E-state index contributed by atoms with van der Waals surface area (Å²) in [4.78, 5) is 11.9. The van der Waals surface area contributed by atoms with E-state index in [2.05, 4.69) is 15.5 Å². The molecule has 0 aliphatic rings. The second kappa shape index (κ2) is 8.46. The van der Waals surface area contributed by atoms with Gasteiger partial charge in [-0.15, -0.1) is 10.2 Å². The Kier molecular flexibility index (Phi) is 6.18. The van der Waals surface area contributed by atoms with Crippen molar-refractivity contribution in [2.75, 3.05) is 13.2 Å². The summed E-state index contributed by atoms with van der Waals surface area (Å²) in [6, 6.07) is 5.82. The molecule has 3 rings (SSSR count). The topological polar surface area (TPSA) is 68.5 Å². The highest BCUT2D eigenvalue weighted by molar-refractivity contribution is 6.31. The first-order chi connectivity index (χ1) is 13.6. The number of nitrogens with zero attached hydrogens (tertiary/aromatic N) is 3. The fourth-order valence-corrected chi connectivity index (χ4v) is 2.93. The summed E-state index contributed by atoms with van der Waals surface area (Å²) in [6.45, 7) is 1.73. The van der Waals surface area contributed by atoms with Gasteiger partial charge in [-0.3, -0.25) is 9.20 Å². The van der Waals surface area contributed by atoms with Crippen molar-refractivity contribution in [3.63, 3.8) is 0 Å². The molecule has 29 heavy (non-hydrogen) atoms. The van der Waals surface area contributed by atoms with E-state index in [1.807, 2.05) is 6.92 Å². The number of alkyl halides is 3. The molecule has 0 saturated carbocycles. The molecule has 11 heteroatoms. The number of aryl methyl sites for hydroxylation is 1. The Bertz CT molecular complexity index is 1050. The Balaban J connectivity index is 1.59. The number of pyridine rings is 1. The van der Waals surface area contributed by atoms with E-state index in [0.29, 0.717) is 10.8 Å². The van der Waals surface area contributed by atoms with Gasteiger partial charge in [0.1, 0.15) is 17.1 Å². The number of ether oxygens (including phenoxy) is 1. The van der Waals surface area contributed by atoms with Crippen LogP contribution in [0, 0.1) is 6.92 Å². The van der Waals surface area contributed by atoms with Crippen LogP contribution < -0.4 is 10.1 Å². The molecule has 0 unspecified atom stereocenters. The fraction of sp³-hybridized carbons (Fsp3) is 0.278. The number of fused-ring (bicyclic) bond motifs is 1. The summed E-state index contributed by atoms with van der Waals surface area (Å²) in [5, 5.41) is 10.5. The Hall–Kier alpha value is -2.52. The molecule has 0 spiro atoms. The Morgan fingerprint density at radius 1 is 1.24 bits per heavy atom. The van der Waals surface area contributed by atoms with E-state index in [4.69, 9.17) is 27.9 Å². The van der Waals surface area contributed by atoms with Crippen molar-refractivity contribution in [2.24, 2.45) is 0 Å². The maximum atomic E-state index is 13.1. The zero-order valence-corrected chi connectivity index (χ0v) is 16.6. The minimum Gasteiger partial charge on any atom is -0.484 e. The molecular formula is C18H15Cl2F3N4O2. The Labute approximate surface area is 173 Å². The minimum atomic E-state index is -4.61. The Morgan fingerprint density at radius 3 is 2.69 bits per heavy atom. The molecule has 0 aliphatic heterocycles. The highest BCUT2D eigenvalue weighted by Crippen LogP contribution is 2.33. The molecule has 0 saturated heterocycles. The van der Waals surface area contributed by atoms with E-state index in [9.17, 15) is 18.0 Å². The van der Waals surface area contributed by atoms with Crippen molar-refractivity contribution in [1.82, 2.24) is 19.9 Å². The maximum Gasteiger partial charge on any atom is 0.420 e. The predicted octanol–water partition coefficient (Wildman–Crippen LogP) is 4.10. The lowest BCUT2D eigenvalue weighted by Gasteiger charge is -2.10. The van der Waals surface area contributed by atoms with E-state index in [-0.39, 0.29) is 42.0 Å². The highest BCUT2D eigenvalue weighted by atomic mass is 35.5. The van der Waals surface area contributed by atoms with E-state index >= 15 is 0 Å². The lowest BCUT2D eigenvalue weighted by molar-refractivity contribution is -0.136. The zero-order valence-electron chi connectivity index (χ0n) is 15.1. The summed E-state index contributed by atoms with van der Waals surface area (Å²) in [6.07, 6.45) is -3.15. The van der Waals surface area contributed by atoms with Crippen LogP contribution in [0.25, 0.3) is 5.65 Å². The number of aromatic nitrogens is 3. The van der Waals surface area contributed by atoms with Crippen LogP contribution in [0.5, 0.6) is 5.75 Å². The molecule has 1 aromatic carbocycles. The van der Waals surface area contributed by atoms with Crippen LogP contribution in [0.2, 0.25) is 10.0 Å². The molecule has 3 aromatic rings. The molecule has 6 nitrogen and oxygen atoms in total. The fourth-order valence-electron chi connectivity index (χ4n) is 2.61. The minimum absolute atomic E-state index is 0.0958. The molecule has 0 atom stereocenters. The van der Waals surface area contributed by atoms with Crippen molar-refractivity contribution < 1.29 is 22.7 Å². The van der Waals surface area contributed by atoms with Crippen LogP contribution in [-0.4, -0.2) is 33.7 Å². The molecule has 2 heterocycles. The zero-order chi connectivity index (χ0) is 21.2. The molecule has 0 aliphatic carbocycles. The second-order valence-electron chi connectivity index (χ2n) is 6.18. The quantitative estimate of drug-likeness (QED) is 0.618. The molecule has 0 radical (unpaired) electrons. The predicted molar refractivity (Wildman–Crippen MR) is 101 cm³/mol. The smallest absolute Gasteiger partial charge is 0.420 e. The van der Waals surface area contributed by atoms with Gasteiger partial charge in [-0.05, 0) is 36.8 Å². The summed E-state index contributed by atoms with van der Waals surface area (Å²) < 4.78 is 45.9. The van der Waals surface area contributed by atoms with Gasteiger partial charge < -0.3 is 10.1 Å². The largest absolute Gasteiger partial charge is 0.484 e. The average molecular weight is 447 g/mol. The summed E-state index contributed by atoms with van der Waals surface area (Å²) in [5.41, 5.74) is -0.496. The van der Waals surface area contributed by atoms with Gasteiger partial charge in [-0.1, -0.05) is 23.2 Å². The summed E-state index contributed by atoms with van der Waals surface area (Å²) >= 11 is 11.7. The number of amides is 1. The first-order valence-corrected chi connectivity index (χ1v) is 9.17. The average Bonchev–Trinajstić information content (AvgIpc) is 3.04. The van der Waals surface area contributed by atoms with E-state index in [1.54, 1.807) is 18.2 Å². The number of halogens is 5. The summed E-state index contributed by atoms with van der Waals surface area (Å²) in [7, 11) is 0. The van der Waals surface area contributed by atoms with Crippen LogP contribution in [0.15, 0.2) is 30.5 Å². The van der Waals surface area contributed by atoms with Crippen molar-refractivity contribution in [2.45, 2.75) is 19.5 Å². The molecule has 0 fully saturated rings. The van der Waals surface area contributed by atoms with Gasteiger partial charge in [-0.25, -0.2) is 0 Å². The number of nitrogens with one attached hydrogen (secondary N) is 1. The van der Waals surface area contributed by atoms with Gasteiger partial charge in [0.25, 0.3) is 5.91 Å². The SMILES string of the molecule is Cc1cc(OCC(=O)NCCc2nnc3c(C(F)(F)F)cc(Cl)cn23)ccc1Cl. The first-order valence-electron chi connectivity index (χ1n) is 8.41. The van der Waals surface area contributed by atoms with Crippen LogP contribution >= 0.6 is 23.2 Å². The van der Waals surface area contributed by atoms with Crippen LogP contribution in [0.4, 0.5) is 13.2 Å². The third-order valence-electron chi connectivity index (χ3n) is 4.02. The van der Waals surface area contributed by atoms with E-state index in [1.165, 1.54) is 10.6 Å². The van der Waals surface area contributed by atoms with Crippen molar-refractivity contribution in [3.05, 3.63) is 57.5 Å². The number of carbonyl (C=O) groups excluding carboxylic acids is 1. The van der Waals surface area contributed by atoms with Crippen molar-refractivity contribution in [1.29, 1.82) is 0 Å². The second-order valence-corrected chi connectivity index (χ2v) is 7.02. The van der Waals surface area contributed by atoms with Crippen molar-refractivity contribution in [3.8, 4) is 5.75 Å². The lowest BCUT2D eigenvalue weighted by Crippen LogP contribution is -2.30. The highest BCUT2D eigenvalue weighted by Gasteiger charge is 2.35. The third kappa shape index (κ3) is 5.10. The number of hydrogen-bond acceptors (Lipinski definition) is 4. The van der Waals surface area contributed by atoms with Crippen LogP contribution in [0.1, 0.15) is 17.0 Å². The van der Waals surface area contributed by atoms with E-state index < -0.39 is 11.7 Å². The van der Waals surface area contributed by atoms with Gasteiger partial charge >= 0.3 is 6.18 Å². The lowest BCUT2D eigenvalue weighted by atomic mass is 10.2. The molecular weight excluding hydrogens is 432 g/mol. The number of hydrogen-bond donors (Lipinski definition) is 1. The van der Waals surface area contributed by atoms with Gasteiger partial charge in [-0.2, -0.15) is 13.2 Å². The molecule has 1 N–H and O–H groups in total. The van der Waals surface area contributed by atoms with Crippen molar-refractivity contribution >= 4 is 34.8 Å². The molecule has 2 aromatic heterocycles.